The van der Waals surface area contributed by atoms with Gasteiger partial charge in [-0.15, -0.1) is 0 Å². The summed E-state index contributed by atoms with van der Waals surface area (Å²) in [7, 11) is -3.47. The Morgan fingerprint density at radius 2 is 1.85 bits per heavy atom. The highest BCUT2D eigenvalue weighted by molar-refractivity contribution is 7.89. The summed E-state index contributed by atoms with van der Waals surface area (Å²) in [6, 6.07) is 15.4. The lowest BCUT2D eigenvalue weighted by atomic mass is 9.90. The lowest BCUT2D eigenvalue weighted by Crippen LogP contribution is -2.43. The van der Waals surface area contributed by atoms with Gasteiger partial charge in [0, 0.05) is 29.7 Å². The molecule has 5 heteroatoms. The average molecular weight is 366 g/mol. The minimum Gasteiger partial charge on any atom is -0.341 e. The molecule has 0 saturated carbocycles. The van der Waals surface area contributed by atoms with Crippen molar-refractivity contribution in [2.75, 3.05) is 6.54 Å². The Bertz CT molecular complexity index is 1100. The standard InChI is InChI=1S/C21H22N2O2S/c1-15-10-11-19-18(14-15)17-8-5-9-20-21(17)22(19)12-13-23(20)26(24,25)16-6-3-2-4-7-16/h2-4,6-7,10-11,14,20H,5,8-9,12-13H2,1H3. The van der Waals surface area contributed by atoms with Crippen LogP contribution in [-0.4, -0.2) is 23.8 Å². The first-order valence-electron chi connectivity index (χ1n) is 9.26. The molecule has 4 nitrogen and oxygen atoms in total. The van der Waals surface area contributed by atoms with E-state index in [9.17, 15) is 8.42 Å². The minimum absolute atomic E-state index is 0.0505. The smallest absolute Gasteiger partial charge is 0.243 e. The van der Waals surface area contributed by atoms with Gasteiger partial charge in [-0.3, -0.25) is 0 Å². The molecule has 0 amide bonds. The third kappa shape index (κ3) is 2.20. The van der Waals surface area contributed by atoms with E-state index in [0.29, 0.717) is 11.4 Å². The Balaban J connectivity index is 1.69. The Kier molecular flexibility index (Phi) is 3.52. The molecule has 1 unspecified atom stereocenters. The zero-order chi connectivity index (χ0) is 17.9. The first-order valence-corrected chi connectivity index (χ1v) is 10.7. The lowest BCUT2D eigenvalue weighted by Gasteiger charge is -2.39. The number of hydrogen-bond acceptors (Lipinski definition) is 2. The number of fused-ring (bicyclic) bond motifs is 3. The number of hydrogen-bond donors (Lipinski definition) is 0. The number of aromatic nitrogens is 1. The lowest BCUT2D eigenvalue weighted by molar-refractivity contribution is 0.243. The Morgan fingerprint density at radius 1 is 1.04 bits per heavy atom. The molecular formula is C21H22N2O2S. The number of benzene rings is 2. The van der Waals surface area contributed by atoms with Gasteiger partial charge >= 0.3 is 0 Å². The van der Waals surface area contributed by atoms with E-state index in [4.69, 9.17) is 0 Å². The number of rotatable bonds is 2. The Hall–Kier alpha value is -2.11. The first kappa shape index (κ1) is 16.1. The van der Waals surface area contributed by atoms with Gasteiger partial charge in [0.2, 0.25) is 10.0 Å². The van der Waals surface area contributed by atoms with Crippen LogP contribution in [0.4, 0.5) is 0 Å². The number of sulfonamides is 1. The van der Waals surface area contributed by atoms with E-state index in [-0.39, 0.29) is 6.04 Å². The average Bonchev–Trinajstić information content (AvgIpc) is 2.98. The second-order valence-corrected chi connectivity index (χ2v) is 9.26. The molecule has 1 aliphatic carbocycles. The summed E-state index contributed by atoms with van der Waals surface area (Å²) in [4.78, 5) is 0.396. The van der Waals surface area contributed by atoms with Gasteiger partial charge in [-0.2, -0.15) is 4.31 Å². The molecule has 2 aromatic carbocycles. The maximum atomic E-state index is 13.3. The van der Waals surface area contributed by atoms with Gasteiger partial charge in [0.1, 0.15) is 0 Å². The molecule has 2 heterocycles. The van der Waals surface area contributed by atoms with Crippen LogP contribution in [0.1, 0.15) is 35.7 Å². The molecule has 0 bridgehead atoms. The molecule has 0 spiro atoms. The fourth-order valence-corrected chi connectivity index (χ4v) is 6.34. The van der Waals surface area contributed by atoms with Crippen molar-refractivity contribution < 1.29 is 8.42 Å². The maximum absolute atomic E-state index is 13.3. The fraction of sp³-hybridized carbons (Fsp3) is 0.333. The molecule has 5 rings (SSSR count). The molecule has 0 fully saturated rings. The van der Waals surface area contributed by atoms with Gasteiger partial charge in [0.05, 0.1) is 10.9 Å². The van der Waals surface area contributed by atoms with Gasteiger partial charge in [-0.05, 0) is 56.0 Å². The van der Waals surface area contributed by atoms with Gasteiger partial charge < -0.3 is 4.57 Å². The van der Waals surface area contributed by atoms with Crippen LogP contribution < -0.4 is 0 Å². The van der Waals surface area contributed by atoms with Crippen LogP contribution in [0, 0.1) is 6.92 Å². The first-order chi connectivity index (χ1) is 12.6. The monoisotopic (exact) mass is 366 g/mol. The molecule has 1 aromatic heterocycles. The van der Waals surface area contributed by atoms with E-state index in [2.05, 4.69) is 29.7 Å². The van der Waals surface area contributed by atoms with Crippen LogP contribution in [0.15, 0.2) is 53.4 Å². The van der Waals surface area contributed by atoms with Crippen molar-refractivity contribution in [1.82, 2.24) is 8.87 Å². The summed E-state index contributed by atoms with van der Waals surface area (Å²) in [5, 5.41) is 1.31. The largest absolute Gasteiger partial charge is 0.341 e. The highest BCUT2D eigenvalue weighted by atomic mass is 32.2. The minimum atomic E-state index is -3.47. The molecular weight excluding hydrogens is 344 g/mol. The van der Waals surface area contributed by atoms with Crippen molar-refractivity contribution in [3.8, 4) is 0 Å². The van der Waals surface area contributed by atoms with Crippen LogP contribution in [0.25, 0.3) is 10.9 Å². The molecule has 1 atom stereocenters. The third-order valence-electron chi connectivity index (χ3n) is 5.83. The highest BCUT2D eigenvalue weighted by Gasteiger charge is 2.40. The molecule has 0 radical (unpaired) electrons. The van der Waals surface area contributed by atoms with Crippen molar-refractivity contribution in [1.29, 1.82) is 0 Å². The predicted molar refractivity (Wildman–Crippen MR) is 103 cm³/mol. The van der Waals surface area contributed by atoms with E-state index in [1.54, 1.807) is 28.6 Å². The van der Waals surface area contributed by atoms with E-state index in [1.807, 2.05) is 6.07 Å². The normalized spacial score (nSPS) is 20.3. The van der Waals surface area contributed by atoms with Gasteiger partial charge in [-0.1, -0.05) is 29.8 Å². The van der Waals surface area contributed by atoms with Crippen LogP contribution in [0.2, 0.25) is 0 Å². The topological polar surface area (TPSA) is 42.3 Å². The summed E-state index contributed by atoms with van der Waals surface area (Å²) in [5.41, 5.74) is 5.09. The summed E-state index contributed by atoms with van der Waals surface area (Å²) in [6.45, 7) is 3.37. The van der Waals surface area contributed by atoms with E-state index in [0.717, 1.165) is 25.8 Å². The molecule has 1 aliphatic heterocycles. The fourth-order valence-electron chi connectivity index (χ4n) is 4.70. The second kappa shape index (κ2) is 5.69. The number of aryl methyl sites for hydroxylation is 2. The van der Waals surface area contributed by atoms with Crippen molar-refractivity contribution >= 4 is 20.9 Å². The van der Waals surface area contributed by atoms with E-state index < -0.39 is 10.0 Å². The Morgan fingerprint density at radius 3 is 2.65 bits per heavy atom. The molecule has 0 saturated heterocycles. The van der Waals surface area contributed by atoms with Crippen molar-refractivity contribution in [2.45, 2.75) is 43.7 Å². The van der Waals surface area contributed by atoms with Gasteiger partial charge in [-0.25, -0.2) is 8.42 Å². The maximum Gasteiger partial charge on any atom is 0.243 e. The predicted octanol–water partition coefficient (Wildman–Crippen LogP) is 4.03. The zero-order valence-electron chi connectivity index (χ0n) is 14.9. The van der Waals surface area contributed by atoms with Gasteiger partial charge in [0.25, 0.3) is 0 Å². The quantitative estimate of drug-likeness (QED) is 0.687. The molecule has 0 N–H and O–H groups in total. The van der Waals surface area contributed by atoms with Crippen molar-refractivity contribution in [3.63, 3.8) is 0 Å². The van der Waals surface area contributed by atoms with Gasteiger partial charge in [0.15, 0.2) is 0 Å². The Labute approximate surface area is 154 Å². The number of nitrogens with zero attached hydrogens (tertiary/aromatic N) is 2. The second-order valence-electron chi connectivity index (χ2n) is 7.37. The van der Waals surface area contributed by atoms with E-state index in [1.165, 1.54) is 27.7 Å². The SMILES string of the molecule is Cc1ccc2c(c1)c1c3n2CCN(S(=O)(=O)c2ccccc2)C3CCC1. The van der Waals surface area contributed by atoms with Crippen LogP contribution >= 0.6 is 0 Å². The zero-order valence-corrected chi connectivity index (χ0v) is 15.7. The molecule has 2 aliphatic rings. The highest BCUT2D eigenvalue weighted by Crippen LogP contribution is 2.44. The van der Waals surface area contributed by atoms with Crippen molar-refractivity contribution in [3.05, 3.63) is 65.4 Å². The summed E-state index contributed by atoms with van der Waals surface area (Å²) < 4.78 is 30.7. The summed E-state index contributed by atoms with van der Waals surface area (Å²) in [5.74, 6) is 0. The molecule has 26 heavy (non-hydrogen) atoms. The van der Waals surface area contributed by atoms with Crippen LogP contribution in [0.5, 0.6) is 0 Å². The third-order valence-corrected chi connectivity index (χ3v) is 7.75. The van der Waals surface area contributed by atoms with Crippen LogP contribution in [-0.2, 0) is 23.0 Å². The summed E-state index contributed by atoms with van der Waals surface area (Å²) in [6.07, 6.45) is 2.97. The molecule has 134 valence electrons. The summed E-state index contributed by atoms with van der Waals surface area (Å²) >= 11 is 0. The van der Waals surface area contributed by atoms with Crippen LogP contribution in [0.3, 0.4) is 0 Å². The van der Waals surface area contributed by atoms with Crippen molar-refractivity contribution in [2.24, 2.45) is 0 Å². The molecule has 3 aromatic rings. The van der Waals surface area contributed by atoms with E-state index >= 15 is 0 Å².